The van der Waals surface area contributed by atoms with E-state index in [0.717, 1.165) is 60.9 Å². The molecule has 1 unspecified atom stereocenters. The van der Waals surface area contributed by atoms with Gasteiger partial charge in [0.05, 0.1) is 30.8 Å². The second kappa shape index (κ2) is 16.0. The summed E-state index contributed by atoms with van der Waals surface area (Å²) in [5.41, 5.74) is 7.49. The molecule has 0 saturated carbocycles. The smallest absolute Gasteiger partial charge is 0.747 e. The summed E-state index contributed by atoms with van der Waals surface area (Å²) in [6, 6.07) is 47.6. The summed E-state index contributed by atoms with van der Waals surface area (Å²) in [5.74, 6) is 1.57. The molecule has 6 aromatic rings. The van der Waals surface area contributed by atoms with Gasteiger partial charge in [-0.15, -0.1) is 0 Å². The zero-order valence-corrected chi connectivity index (χ0v) is 32.2. The van der Waals surface area contributed by atoms with Crippen molar-refractivity contribution in [3.63, 3.8) is 0 Å². The van der Waals surface area contributed by atoms with Gasteiger partial charge in [-0.1, -0.05) is 72.4 Å². The first-order chi connectivity index (χ1) is 24.3. The molecule has 10 heteroatoms. The van der Waals surface area contributed by atoms with Crippen molar-refractivity contribution in [2.75, 3.05) is 30.6 Å². The van der Waals surface area contributed by atoms with E-state index >= 15 is 0 Å². The number of nitrogens with zero attached hydrogens (tertiary/aromatic N) is 2. The van der Waals surface area contributed by atoms with Crippen molar-refractivity contribution in [3.05, 3.63) is 151 Å². The van der Waals surface area contributed by atoms with Crippen molar-refractivity contribution in [1.82, 2.24) is 0 Å². The molecular formula is C41H35N2NaO5S2. The van der Waals surface area contributed by atoms with Gasteiger partial charge in [0, 0.05) is 33.4 Å². The molecule has 51 heavy (non-hydrogen) atoms. The third-order valence-corrected chi connectivity index (χ3v) is 11.2. The third-order valence-electron chi connectivity index (χ3n) is 8.88. The minimum Gasteiger partial charge on any atom is -0.747 e. The van der Waals surface area contributed by atoms with Gasteiger partial charge in [0.15, 0.2) is 0 Å². The zero-order chi connectivity index (χ0) is 34.7. The van der Waals surface area contributed by atoms with Gasteiger partial charge in [0.2, 0.25) is 0 Å². The molecule has 7 rings (SSSR count). The Labute approximate surface area is 325 Å². The monoisotopic (exact) mass is 722 g/mol. The van der Waals surface area contributed by atoms with Crippen LogP contribution in [0.5, 0.6) is 11.5 Å². The molecule has 0 saturated heterocycles. The van der Waals surface area contributed by atoms with Crippen LogP contribution >= 0.6 is 11.8 Å². The standard InChI is InChI=1S/C41H36N2O5S2.Na/c1-47-35-21-17-33(18-22-35)43(34-19-23-36(48-2)24-20-34)32-15-12-29(13-16-32)31-14-25-40-38(28-31)42(37-10-6-7-11-39(37)49-40)27-26-41(50(44,45)46)30-8-4-3-5-9-30;/h3-25,28,41H,26-27H2,1-2H3,(H,44,45,46);/q;+1/p-1. The van der Waals surface area contributed by atoms with Crippen molar-refractivity contribution in [2.45, 2.75) is 21.5 Å². The largest absolute Gasteiger partial charge is 1.00 e. The first-order valence-corrected chi connectivity index (χ1v) is 18.5. The van der Waals surface area contributed by atoms with Gasteiger partial charge >= 0.3 is 29.6 Å². The number of fused-ring (bicyclic) bond motifs is 2. The Balaban J connectivity index is 0.00000448. The van der Waals surface area contributed by atoms with Crippen LogP contribution in [-0.2, 0) is 10.1 Å². The predicted octanol–water partition coefficient (Wildman–Crippen LogP) is 7.12. The second-order valence-corrected chi connectivity index (χ2v) is 14.5. The zero-order valence-electron chi connectivity index (χ0n) is 28.6. The number of para-hydroxylation sites is 1. The van der Waals surface area contributed by atoms with Crippen LogP contribution in [0, 0.1) is 0 Å². The second-order valence-electron chi connectivity index (χ2n) is 11.9. The number of ether oxygens (including phenoxy) is 2. The number of anilines is 5. The number of hydrogen-bond acceptors (Lipinski definition) is 8. The number of rotatable bonds is 11. The third kappa shape index (κ3) is 7.99. The molecular weight excluding hydrogens is 688 g/mol. The Kier molecular flexibility index (Phi) is 11.5. The molecule has 0 aromatic heterocycles. The quantitative estimate of drug-likeness (QED) is 0.103. The Hall–Kier alpha value is -4.22. The van der Waals surface area contributed by atoms with E-state index in [1.165, 1.54) is 0 Å². The van der Waals surface area contributed by atoms with Gasteiger partial charge in [0.25, 0.3) is 0 Å². The molecule has 0 bridgehead atoms. The maximum Gasteiger partial charge on any atom is 1.00 e. The summed E-state index contributed by atoms with van der Waals surface area (Å²) < 4.78 is 48.2. The van der Waals surface area contributed by atoms with Gasteiger partial charge < -0.3 is 23.8 Å². The van der Waals surface area contributed by atoms with Gasteiger partial charge in [-0.2, -0.15) is 0 Å². The Bertz CT molecular complexity index is 2150. The topological polar surface area (TPSA) is 82.1 Å². The van der Waals surface area contributed by atoms with E-state index in [1.54, 1.807) is 50.2 Å². The molecule has 1 atom stereocenters. The Morgan fingerprint density at radius 3 is 1.73 bits per heavy atom. The van der Waals surface area contributed by atoms with Crippen LogP contribution in [0.3, 0.4) is 0 Å². The summed E-state index contributed by atoms with van der Waals surface area (Å²) in [5, 5.41) is -1.15. The van der Waals surface area contributed by atoms with Crippen LogP contribution in [0.1, 0.15) is 17.2 Å². The molecule has 0 aliphatic carbocycles. The van der Waals surface area contributed by atoms with Crippen LogP contribution in [0.25, 0.3) is 11.1 Å². The number of hydrogen-bond donors (Lipinski definition) is 0. The van der Waals surface area contributed by atoms with E-state index in [4.69, 9.17) is 9.47 Å². The molecule has 1 aliphatic heterocycles. The summed E-state index contributed by atoms with van der Waals surface area (Å²) >= 11 is 1.69. The predicted molar refractivity (Wildman–Crippen MR) is 201 cm³/mol. The first-order valence-electron chi connectivity index (χ1n) is 16.2. The molecule has 0 amide bonds. The fourth-order valence-corrected chi connectivity index (χ4v) is 8.31. The Morgan fingerprint density at radius 1 is 0.647 bits per heavy atom. The van der Waals surface area contributed by atoms with Gasteiger partial charge in [0.1, 0.15) is 21.6 Å². The van der Waals surface area contributed by atoms with Crippen LogP contribution in [0.4, 0.5) is 28.4 Å². The molecule has 1 aliphatic rings. The summed E-state index contributed by atoms with van der Waals surface area (Å²) in [4.78, 5) is 6.47. The Morgan fingerprint density at radius 2 is 1.16 bits per heavy atom. The summed E-state index contributed by atoms with van der Waals surface area (Å²) in [6.07, 6.45) is 0.153. The molecule has 1 heterocycles. The molecule has 0 radical (unpaired) electrons. The number of benzene rings is 6. The molecule has 0 N–H and O–H groups in total. The van der Waals surface area contributed by atoms with E-state index in [2.05, 4.69) is 58.3 Å². The molecule has 6 aromatic carbocycles. The SMILES string of the molecule is COc1ccc(N(c2ccc(OC)cc2)c2ccc(-c3ccc4c(c3)N(CCC(c3ccccc3)S(=O)(=O)[O-])c3ccccc3S4)cc2)cc1.[Na+]. The average molecular weight is 723 g/mol. The van der Waals surface area contributed by atoms with E-state index in [9.17, 15) is 13.0 Å². The first kappa shape index (κ1) is 36.6. The van der Waals surface area contributed by atoms with E-state index in [1.807, 2.05) is 72.8 Å². The molecule has 0 spiro atoms. The maximum absolute atomic E-state index is 12.5. The van der Waals surface area contributed by atoms with E-state index in [-0.39, 0.29) is 36.0 Å². The molecule has 7 nitrogen and oxygen atoms in total. The molecule has 252 valence electrons. The van der Waals surface area contributed by atoms with Gasteiger partial charge in [-0.05, 0) is 108 Å². The van der Waals surface area contributed by atoms with Crippen molar-refractivity contribution in [3.8, 4) is 22.6 Å². The minimum atomic E-state index is -4.58. The van der Waals surface area contributed by atoms with Crippen LogP contribution in [0.2, 0.25) is 0 Å². The van der Waals surface area contributed by atoms with Crippen molar-refractivity contribution < 1.29 is 52.0 Å². The van der Waals surface area contributed by atoms with Crippen LogP contribution in [0.15, 0.2) is 155 Å². The van der Waals surface area contributed by atoms with Crippen LogP contribution < -0.4 is 48.8 Å². The van der Waals surface area contributed by atoms with E-state index in [0.29, 0.717) is 12.1 Å². The van der Waals surface area contributed by atoms with Crippen molar-refractivity contribution in [2.24, 2.45) is 0 Å². The number of methoxy groups -OCH3 is 2. The van der Waals surface area contributed by atoms with Gasteiger partial charge in [-0.3, -0.25) is 0 Å². The van der Waals surface area contributed by atoms with Crippen LogP contribution in [-0.4, -0.2) is 33.7 Å². The fourth-order valence-electron chi connectivity index (χ4n) is 6.35. The van der Waals surface area contributed by atoms with E-state index < -0.39 is 15.4 Å². The van der Waals surface area contributed by atoms with Crippen molar-refractivity contribution >= 4 is 50.3 Å². The normalized spacial score (nSPS) is 12.6. The summed E-state index contributed by atoms with van der Waals surface area (Å²) in [7, 11) is -1.27. The molecule has 0 fully saturated rings. The minimum absolute atomic E-state index is 0. The summed E-state index contributed by atoms with van der Waals surface area (Å²) in [6.45, 7) is 0.354. The van der Waals surface area contributed by atoms with Gasteiger partial charge in [-0.25, -0.2) is 8.42 Å². The fraction of sp³-hybridized carbons (Fsp3) is 0.122. The average Bonchev–Trinajstić information content (AvgIpc) is 3.15. The van der Waals surface area contributed by atoms with Crippen molar-refractivity contribution in [1.29, 1.82) is 0 Å². The maximum atomic E-state index is 12.5.